The van der Waals surface area contributed by atoms with Crippen LogP contribution in [0.3, 0.4) is 0 Å². The topological polar surface area (TPSA) is 38.9 Å². The van der Waals surface area contributed by atoms with Gasteiger partial charge in [-0.15, -0.1) is 0 Å². The molecule has 1 heterocycles. The summed E-state index contributed by atoms with van der Waals surface area (Å²) in [6.45, 7) is 0. The molecule has 0 bridgehead atoms. The quantitative estimate of drug-likeness (QED) is 0.835. The lowest BCUT2D eigenvalue weighted by Crippen LogP contribution is -1.89. The van der Waals surface area contributed by atoms with Crippen molar-refractivity contribution in [1.82, 2.24) is 4.98 Å². The molecule has 0 unspecified atom stereocenters. The van der Waals surface area contributed by atoms with Crippen LogP contribution in [-0.2, 0) is 0 Å². The zero-order valence-corrected chi connectivity index (χ0v) is 10.5. The van der Waals surface area contributed by atoms with Crippen LogP contribution >= 0.6 is 35.0 Å². The molecule has 0 aliphatic rings. The van der Waals surface area contributed by atoms with Crippen LogP contribution in [-0.4, -0.2) is 4.98 Å². The fraction of sp³-hybridized carbons (Fsp3) is 0. The fourth-order valence-corrected chi connectivity index (χ4v) is 2.39. The minimum atomic E-state index is 0.463. The van der Waals surface area contributed by atoms with Gasteiger partial charge in [0.05, 0.1) is 10.0 Å². The van der Waals surface area contributed by atoms with E-state index in [1.807, 2.05) is 18.2 Å². The molecule has 0 amide bonds. The predicted octanol–water partition coefficient (Wildman–Crippen LogP) is 4.12. The Hall–Kier alpha value is -0.900. The van der Waals surface area contributed by atoms with Gasteiger partial charge in [-0.2, -0.15) is 0 Å². The van der Waals surface area contributed by atoms with E-state index in [2.05, 4.69) is 4.98 Å². The molecule has 0 spiro atoms. The highest BCUT2D eigenvalue weighted by atomic mass is 35.5. The van der Waals surface area contributed by atoms with E-state index >= 15 is 0 Å². The van der Waals surface area contributed by atoms with Crippen molar-refractivity contribution in [2.24, 2.45) is 0 Å². The standard InChI is InChI=1S/C11H8Cl2N2S/c12-7-5-9(14)10(6-8(7)13)16-11-3-1-2-4-15-11/h1-6H,14H2. The smallest absolute Gasteiger partial charge is 0.101 e. The molecule has 2 aromatic rings. The van der Waals surface area contributed by atoms with Crippen LogP contribution in [0.2, 0.25) is 10.0 Å². The number of pyridine rings is 1. The molecule has 0 atom stereocenters. The van der Waals surface area contributed by atoms with Crippen LogP contribution in [0.25, 0.3) is 0 Å². The van der Waals surface area contributed by atoms with Crippen molar-refractivity contribution in [3.8, 4) is 0 Å². The molecule has 0 aliphatic carbocycles. The molecule has 5 heteroatoms. The molecule has 0 aliphatic heterocycles. The van der Waals surface area contributed by atoms with Gasteiger partial charge in [0.2, 0.25) is 0 Å². The summed E-state index contributed by atoms with van der Waals surface area (Å²) < 4.78 is 0. The SMILES string of the molecule is Nc1cc(Cl)c(Cl)cc1Sc1ccccn1. The van der Waals surface area contributed by atoms with E-state index in [0.29, 0.717) is 15.7 Å². The van der Waals surface area contributed by atoms with Gasteiger partial charge in [0.15, 0.2) is 0 Å². The van der Waals surface area contributed by atoms with Crippen LogP contribution in [0.5, 0.6) is 0 Å². The molecule has 16 heavy (non-hydrogen) atoms. The molecular weight excluding hydrogens is 263 g/mol. The maximum Gasteiger partial charge on any atom is 0.101 e. The summed E-state index contributed by atoms with van der Waals surface area (Å²) in [5, 5.41) is 1.83. The highest BCUT2D eigenvalue weighted by molar-refractivity contribution is 7.99. The molecule has 0 saturated heterocycles. The third-order valence-electron chi connectivity index (χ3n) is 1.90. The zero-order chi connectivity index (χ0) is 11.5. The lowest BCUT2D eigenvalue weighted by molar-refractivity contribution is 1.13. The Morgan fingerprint density at radius 1 is 1.12 bits per heavy atom. The second kappa shape index (κ2) is 4.95. The molecule has 2 N–H and O–H groups in total. The van der Waals surface area contributed by atoms with Gasteiger partial charge in [-0.1, -0.05) is 41.0 Å². The highest BCUT2D eigenvalue weighted by Gasteiger charge is 2.07. The maximum atomic E-state index is 5.93. The molecule has 0 saturated carbocycles. The van der Waals surface area contributed by atoms with Gasteiger partial charge in [-0.25, -0.2) is 4.98 Å². The number of hydrogen-bond donors (Lipinski definition) is 1. The number of hydrogen-bond acceptors (Lipinski definition) is 3. The summed E-state index contributed by atoms with van der Waals surface area (Å²) >= 11 is 13.2. The van der Waals surface area contributed by atoms with Gasteiger partial charge in [-0.3, -0.25) is 0 Å². The van der Waals surface area contributed by atoms with Crippen LogP contribution < -0.4 is 5.73 Å². The Morgan fingerprint density at radius 3 is 2.56 bits per heavy atom. The van der Waals surface area contributed by atoms with Crippen molar-refractivity contribution >= 4 is 40.7 Å². The van der Waals surface area contributed by atoms with Gasteiger partial charge in [-0.05, 0) is 24.3 Å². The van der Waals surface area contributed by atoms with Gasteiger partial charge in [0, 0.05) is 16.8 Å². The van der Waals surface area contributed by atoms with Crippen molar-refractivity contribution in [2.45, 2.75) is 9.92 Å². The average Bonchev–Trinajstić information content (AvgIpc) is 2.27. The van der Waals surface area contributed by atoms with E-state index in [1.165, 1.54) is 11.8 Å². The Balaban J connectivity index is 2.32. The largest absolute Gasteiger partial charge is 0.398 e. The number of aromatic nitrogens is 1. The van der Waals surface area contributed by atoms with Gasteiger partial charge < -0.3 is 5.73 Å². The van der Waals surface area contributed by atoms with E-state index in [4.69, 9.17) is 28.9 Å². The summed E-state index contributed by atoms with van der Waals surface area (Å²) in [6.07, 6.45) is 1.73. The lowest BCUT2D eigenvalue weighted by atomic mass is 10.3. The Kier molecular flexibility index (Phi) is 3.59. The van der Waals surface area contributed by atoms with Crippen LogP contribution in [0.1, 0.15) is 0 Å². The summed E-state index contributed by atoms with van der Waals surface area (Å²) in [7, 11) is 0. The minimum absolute atomic E-state index is 0.463. The van der Waals surface area contributed by atoms with Gasteiger partial charge in [0.25, 0.3) is 0 Å². The molecule has 2 rings (SSSR count). The van der Waals surface area contributed by atoms with E-state index in [0.717, 1.165) is 9.92 Å². The second-order valence-electron chi connectivity index (χ2n) is 3.07. The summed E-state index contributed by atoms with van der Waals surface area (Å²) in [4.78, 5) is 5.05. The summed E-state index contributed by atoms with van der Waals surface area (Å²) in [5.74, 6) is 0. The number of rotatable bonds is 2. The first kappa shape index (κ1) is 11.6. The van der Waals surface area contributed by atoms with Crippen molar-refractivity contribution < 1.29 is 0 Å². The van der Waals surface area contributed by atoms with Crippen molar-refractivity contribution in [3.63, 3.8) is 0 Å². The van der Waals surface area contributed by atoms with E-state index in [-0.39, 0.29) is 0 Å². The molecular formula is C11H8Cl2N2S. The molecule has 0 fully saturated rings. The first-order valence-electron chi connectivity index (χ1n) is 4.50. The van der Waals surface area contributed by atoms with Gasteiger partial charge >= 0.3 is 0 Å². The molecule has 2 nitrogen and oxygen atoms in total. The Morgan fingerprint density at radius 2 is 1.88 bits per heavy atom. The third-order valence-corrected chi connectivity index (χ3v) is 3.65. The second-order valence-corrected chi connectivity index (χ2v) is 4.95. The number of nitrogens with two attached hydrogens (primary N) is 1. The predicted molar refractivity (Wildman–Crippen MR) is 69.2 cm³/mol. The number of benzene rings is 1. The lowest BCUT2D eigenvalue weighted by Gasteiger charge is -2.06. The minimum Gasteiger partial charge on any atom is -0.398 e. The molecule has 0 radical (unpaired) electrons. The Labute approximate surface area is 108 Å². The van der Waals surface area contributed by atoms with Crippen molar-refractivity contribution in [3.05, 3.63) is 46.6 Å². The van der Waals surface area contributed by atoms with Gasteiger partial charge in [0.1, 0.15) is 5.03 Å². The molecule has 1 aromatic heterocycles. The third kappa shape index (κ3) is 2.61. The molecule has 1 aromatic carbocycles. The monoisotopic (exact) mass is 270 g/mol. The summed E-state index contributed by atoms with van der Waals surface area (Å²) in [6, 6.07) is 9.09. The van der Waals surface area contributed by atoms with Crippen LogP contribution in [0.15, 0.2) is 46.5 Å². The number of nitrogens with zero attached hydrogens (tertiary/aromatic N) is 1. The zero-order valence-electron chi connectivity index (χ0n) is 8.15. The summed E-state index contributed by atoms with van der Waals surface area (Å²) in [5.41, 5.74) is 6.45. The van der Waals surface area contributed by atoms with E-state index < -0.39 is 0 Å². The van der Waals surface area contributed by atoms with E-state index in [9.17, 15) is 0 Å². The first-order chi connectivity index (χ1) is 7.66. The fourth-order valence-electron chi connectivity index (χ4n) is 1.15. The maximum absolute atomic E-state index is 5.93. The van der Waals surface area contributed by atoms with Crippen LogP contribution in [0, 0.1) is 0 Å². The van der Waals surface area contributed by atoms with Crippen molar-refractivity contribution in [1.29, 1.82) is 0 Å². The van der Waals surface area contributed by atoms with Crippen LogP contribution in [0.4, 0.5) is 5.69 Å². The highest BCUT2D eigenvalue weighted by Crippen LogP contribution is 2.36. The van der Waals surface area contributed by atoms with E-state index in [1.54, 1.807) is 18.3 Å². The number of halogens is 2. The number of anilines is 1. The number of nitrogen functional groups attached to an aromatic ring is 1. The Bertz CT molecular complexity index is 503. The van der Waals surface area contributed by atoms with Crippen molar-refractivity contribution in [2.75, 3.05) is 5.73 Å². The average molecular weight is 271 g/mol. The normalized spacial score (nSPS) is 10.4. The first-order valence-corrected chi connectivity index (χ1v) is 6.07. The molecule has 82 valence electrons.